The van der Waals surface area contributed by atoms with E-state index in [0.29, 0.717) is 48.5 Å². The van der Waals surface area contributed by atoms with Crippen molar-refractivity contribution >= 4 is 18.1 Å². The number of carbonyl (C=O) groups is 3. The van der Waals surface area contributed by atoms with Crippen LogP contribution in [0.25, 0.3) is 0 Å². The van der Waals surface area contributed by atoms with Crippen molar-refractivity contribution < 1.29 is 43.5 Å². The van der Waals surface area contributed by atoms with Crippen LogP contribution >= 0.6 is 0 Å². The van der Waals surface area contributed by atoms with Gasteiger partial charge in [0, 0.05) is 50.1 Å². The first-order valence-corrected chi connectivity index (χ1v) is 11.9. The predicted molar refractivity (Wildman–Crippen MR) is 128 cm³/mol. The molecule has 1 aromatic carbocycles. The Balaban J connectivity index is 2.07. The molecule has 4 unspecified atom stereocenters. The summed E-state index contributed by atoms with van der Waals surface area (Å²) < 4.78 is 22.0. The van der Waals surface area contributed by atoms with Gasteiger partial charge in [0.15, 0.2) is 11.5 Å². The Labute approximate surface area is 210 Å². The molecular formula is C25H34N2O9. The number of rotatable bonds is 13. The van der Waals surface area contributed by atoms with Crippen LogP contribution in [0.2, 0.25) is 0 Å². The molecule has 3 rings (SSSR count). The van der Waals surface area contributed by atoms with E-state index in [1.807, 2.05) is 6.92 Å². The van der Waals surface area contributed by atoms with E-state index in [-0.39, 0.29) is 37.8 Å². The van der Waals surface area contributed by atoms with Gasteiger partial charge in [-0.2, -0.15) is 0 Å². The zero-order chi connectivity index (χ0) is 26.2. The van der Waals surface area contributed by atoms with Crippen LogP contribution < -0.4 is 14.8 Å². The van der Waals surface area contributed by atoms with Gasteiger partial charge in [0.05, 0.1) is 25.7 Å². The van der Waals surface area contributed by atoms with Crippen LogP contribution in [0.15, 0.2) is 23.8 Å². The second-order valence-corrected chi connectivity index (χ2v) is 8.47. The maximum atomic E-state index is 13.2. The van der Waals surface area contributed by atoms with E-state index in [1.54, 1.807) is 12.1 Å². The summed E-state index contributed by atoms with van der Waals surface area (Å²) >= 11 is 0. The van der Waals surface area contributed by atoms with E-state index in [1.165, 1.54) is 25.2 Å². The summed E-state index contributed by atoms with van der Waals surface area (Å²) in [6.45, 7) is 2.64. The van der Waals surface area contributed by atoms with Crippen molar-refractivity contribution in [2.75, 3.05) is 53.7 Å². The van der Waals surface area contributed by atoms with Gasteiger partial charge >= 0.3 is 0 Å². The minimum Gasteiger partial charge on any atom is -0.493 e. The second kappa shape index (κ2) is 12.8. The zero-order valence-corrected chi connectivity index (χ0v) is 20.8. The average molecular weight is 507 g/mol. The van der Waals surface area contributed by atoms with Crippen LogP contribution in [0.1, 0.15) is 35.2 Å². The molecule has 0 bridgehead atoms. The van der Waals surface area contributed by atoms with Crippen molar-refractivity contribution in [1.29, 1.82) is 0 Å². The topological polar surface area (TPSA) is 144 Å². The fourth-order valence-corrected chi connectivity index (χ4v) is 4.69. The molecule has 11 nitrogen and oxygen atoms in total. The van der Waals surface area contributed by atoms with Crippen molar-refractivity contribution in [1.82, 2.24) is 10.2 Å². The number of benzene rings is 1. The molecule has 11 heteroatoms. The standard InChI is InChI=1S/C25H34N2O9/c1-4-35-9-5-7-27(20(30)14-33-2)18-12-17(25(32)26-6-8-28)21-16-10-15(13-29)11-19(34-3)23(16)36-24(21)22(18)31/h10-13,18,21-22,24,28,31H,4-9,14H2,1-3H3,(H,26,32). The summed E-state index contributed by atoms with van der Waals surface area (Å²) in [6, 6.07) is 2.23. The lowest BCUT2D eigenvalue weighted by Crippen LogP contribution is -2.56. The van der Waals surface area contributed by atoms with E-state index < -0.39 is 30.1 Å². The third-order valence-electron chi connectivity index (χ3n) is 6.25. The molecule has 0 spiro atoms. The Bertz CT molecular complexity index is 981. The zero-order valence-electron chi connectivity index (χ0n) is 20.8. The van der Waals surface area contributed by atoms with E-state index in [9.17, 15) is 24.6 Å². The lowest BCUT2D eigenvalue weighted by Gasteiger charge is -2.40. The first-order chi connectivity index (χ1) is 17.4. The Morgan fingerprint density at radius 3 is 2.69 bits per heavy atom. The summed E-state index contributed by atoms with van der Waals surface area (Å²) in [4.78, 5) is 39.2. The highest BCUT2D eigenvalue weighted by Crippen LogP contribution is 2.51. The van der Waals surface area contributed by atoms with Gasteiger partial charge in [-0.05, 0) is 31.6 Å². The molecule has 0 radical (unpaired) electrons. The summed E-state index contributed by atoms with van der Waals surface area (Å²) in [7, 11) is 2.84. The number of methoxy groups -OCH3 is 2. The SMILES string of the molecule is CCOCCCN(C(=O)COC)C1C=C(C(=O)NCCO)C2c3cc(C=O)cc(OC)c3OC2C1O. The minimum absolute atomic E-state index is 0.0207. The number of nitrogens with one attached hydrogen (secondary N) is 1. The van der Waals surface area contributed by atoms with Gasteiger partial charge < -0.3 is 39.4 Å². The maximum Gasteiger partial charge on any atom is 0.249 e. The molecule has 2 amide bonds. The molecule has 1 aliphatic heterocycles. The van der Waals surface area contributed by atoms with Crippen LogP contribution in [0.4, 0.5) is 0 Å². The molecule has 1 aliphatic carbocycles. The molecule has 0 fully saturated rings. The third kappa shape index (κ3) is 5.70. The molecule has 1 aromatic rings. The van der Waals surface area contributed by atoms with E-state index in [0.717, 1.165) is 0 Å². The maximum absolute atomic E-state index is 13.2. The number of amides is 2. The van der Waals surface area contributed by atoms with E-state index in [2.05, 4.69) is 5.32 Å². The highest BCUT2D eigenvalue weighted by molar-refractivity contribution is 5.96. The normalized spacial score (nSPS) is 22.1. The molecule has 2 aliphatic rings. The van der Waals surface area contributed by atoms with Crippen LogP contribution in [0, 0.1) is 0 Å². The van der Waals surface area contributed by atoms with Crippen LogP contribution in [-0.4, -0.2) is 105 Å². The van der Waals surface area contributed by atoms with Gasteiger partial charge in [0.25, 0.3) is 0 Å². The molecule has 1 heterocycles. The van der Waals surface area contributed by atoms with Crippen LogP contribution in [0.5, 0.6) is 11.5 Å². The Morgan fingerprint density at radius 2 is 2.06 bits per heavy atom. The van der Waals surface area contributed by atoms with E-state index >= 15 is 0 Å². The number of aldehydes is 1. The number of hydrogen-bond donors (Lipinski definition) is 3. The third-order valence-corrected chi connectivity index (χ3v) is 6.25. The Morgan fingerprint density at radius 1 is 1.28 bits per heavy atom. The molecule has 198 valence electrons. The molecule has 3 N–H and O–H groups in total. The number of aliphatic hydroxyl groups excluding tert-OH is 2. The van der Waals surface area contributed by atoms with Crippen LogP contribution in [-0.2, 0) is 19.1 Å². The van der Waals surface area contributed by atoms with Crippen LogP contribution in [0.3, 0.4) is 0 Å². The molecule has 0 saturated heterocycles. The molecule has 4 atom stereocenters. The van der Waals surface area contributed by atoms with Crippen molar-refractivity contribution in [2.24, 2.45) is 0 Å². The molecule has 0 aromatic heterocycles. The van der Waals surface area contributed by atoms with Crippen molar-refractivity contribution in [3.8, 4) is 11.5 Å². The highest BCUT2D eigenvalue weighted by Gasteiger charge is 2.51. The first kappa shape index (κ1) is 27.6. The molecule has 0 saturated carbocycles. The van der Waals surface area contributed by atoms with Crippen molar-refractivity contribution in [3.63, 3.8) is 0 Å². The van der Waals surface area contributed by atoms with Gasteiger partial charge in [-0.25, -0.2) is 0 Å². The summed E-state index contributed by atoms with van der Waals surface area (Å²) in [5.74, 6) is -0.936. The summed E-state index contributed by atoms with van der Waals surface area (Å²) in [5.41, 5.74) is 1.11. The first-order valence-electron chi connectivity index (χ1n) is 11.9. The Hall–Kier alpha value is -2.99. The lowest BCUT2D eigenvalue weighted by atomic mass is 9.77. The molecule has 36 heavy (non-hydrogen) atoms. The fourth-order valence-electron chi connectivity index (χ4n) is 4.69. The van der Waals surface area contributed by atoms with Crippen molar-refractivity contribution in [2.45, 2.75) is 37.5 Å². The minimum atomic E-state index is -1.20. The van der Waals surface area contributed by atoms with E-state index in [4.69, 9.17) is 18.9 Å². The average Bonchev–Trinajstić information content (AvgIpc) is 3.27. The number of carbonyl (C=O) groups excluding carboxylic acids is 3. The summed E-state index contributed by atoms with van der Waals surface area (Å²) in [6.07, 6.45) is 0.611. The number of nitrogens with zero attached hydrogens (tertiary/aromatic N) is 1. The monoisotopic (exact) mass is 506 g/mol. The van der Waals surface area contributed by atoms with Gasteiger partial charge in [-0.15, -0.1) is 0 Å². The highest BCUT2D eigenvalue weighted by atomic mass is 16.5. The smallest absolute Gasteiger partial charge is 0.249 e. The van der Waals surface area contributed by atoms with Gasteiger partial charge in [-0.3, -0.25) is 14.4 Å². The quantitative estimate of drug-likeness (QED) is 0.249. The number of hydrogen-bond acceptors (Lipinski definition) is 9. The second-order valence-electron chi connectivity index (χ2n) is 8.47. The van der Waals surface area contributed by atoms with Gasteiger partial charge in [-0.1, -0.05) is 0 Å². The Kier molecular flexibility index (Phi) is 9.82. The number of aliphatic hydroxyl groups is 2. The number of ether oxygens (including phenoxy) is 4. The molecular weight excluding hydrogens is 472 g/mol. The fraction of sp³-hybridized carbons (Fsp3) is 0.560. The van der Waals surface area contributed by atoms with Gasteiger partial charge in [0.1, 0.15) is 25.1 Å². The predicted octanol–water partition coefficient (Wildman–Crippen LogP) is 0.0319. The largest absolute Gasteiger partial charge is 0.493 e. The number of fused-ring (bicyclic) bond motifs is 3. The van der Waals surface area contributed by atoms with Gasteiger partial charge in [0.2, 0.25) is 11.8 Å². The van der Waals surface area contributed by atoms with Crippen molar-refractivity contribution in [3.05, 3.63) is 34.9 Å². The lowest BCUT2D eigenvalue weighted by molar-refractivity contribution is -0.141. The summed E-state index contributed by atoms with van der Waals surface area (Å²) in [5, 5.41) is 23.3.